The number of nitrogens with one attached hydrogen (secondary N) is 2. The van der Waals surface area contributed by atoms with Crippen LogP contribution in [0.1, 0.15) is 50.5 Å². The standard InChI is InChI=1S/C35H44N4O6.2ClH/c1-41-26-17-31(42-2)34-24(22-44-32(34)18-26)21-43-30-10-5-8-28-27(30)19-33(37-28)45-35(40)36-25-11-15-38(16-12-25)20-23-7-6-14-39-13-4-3-9-29(23)39;;/h5,8,10,17-19,22-23,25,29,37H,3-4,6-7,9,11-16,20-21H2,1-2H3,(H,36,40);2*1H/t23-,29+;;/m0../s1. The van der Waals surface area contributed by atoms with E-state index in [0.717, 1.165) is 59.7 Å². The van der Waals surface area contributed by atoms with Crippen molar-refractivity contribution in [3.05, 3.63) is 48.2 Å². The largest absolute Gasteiger partial charge is 0.496 e. The minimum absolute atomic E-state index is 0. The molecule has 3 saturated heterocycles. The number of halogens is 2. The average Bonchev–Trinajstić information content (AvgIpc) is 3.68. The van der Waals surface area contributed by atoms with Crippen LogP contribution < -0.4 is 24.3 Å². The van der Waals surface area contributed by atoms with Crippen LogP contribution in [0.2, 0.25) is 0 Å². The third-order valence-corrected chi connectivity index (χ3v) is 9.96. The molecule has 3 aliphatic heterocycles. The van der Waals surface area contributed by atoms with Gasteiger partial charge >= 0.3 is 6.09 Å². The van der Waals surface area contributed by atoms with E-state index in [9.17, 15) is 4.79 Å². The van der Waals surface area contributed by atoms with Gasteiger partial charge in [0.15, 0.2) is 0 Å². The second kappa shape index (κ2) is 15.7. The number of likely N-dealkylation sites (tertiary alicyclic amines) is 1. The van der Waals surface area contributed by atoms with Gasteiger partial charge in [-0.25, -0.2) is 4.79 Å². The van der Waals surface area contributed by atoms with Gasteiger partial charge in [0.05, 0.1) is 31.4 Å². The Labute approximate surface area is 288 Å². The summed E-state index contributed by atoms with van der Waals surface area (Å²) >= 11 is 0. The number of hydrogen-bond donors (Lipinski definition) is 2. The van der Waals surface area contributed by atoms with Crippen LogP contribution in [0.3, 0.4) is 0 Å². The first kappa shape index (κ1) is 35.0. The molecule has 3 aliphatic rings. The van der Waals surface area contributed by atoms with E-state index in [2.05, 4.69) is 20.1 Å². The molecule has 2 N–H and O–H groups in total. The number of ether oxygens (including phenoxy) is 4. The Morgan fingerprint density at radius 2 is 1.79 bits per heavy atom. The highest BCUT2D eigenvalue weighted by Gasteiger charge is 2.34. The molecule has 256 valence electrons. The van der Waals surface area contributed by atoms with Gasteiger partial charge in [0, 0.05) is 60.9 Å². The van der Waals surface area contributed by atoms with E-state index in [-0.39, 0.29) is 37.5 Å². The first-order valence-corrected chi connectivity index (χ1v) is 16.4. The summed E-state index contributed by atoms with van der Waals surface area (Å²) in [6, 6.07) is 12.1. The molecule has 0 radical (unpaired) electrons. The fraction of sp³-hybridized carbons (Fsp3) is 0.514. The number of methoxy groups -OCH3 is 2. The fourth-order valence-electron chi connectivity index (χ4n) is 7.67. The number of rotatable bonds is 9. The third kappa shape index (κ3) is 7.72. The van der Waals surface area contributed by atoms with Crippen molar-refractivity contribution in [2.45, 2.75) is 63.6 Å². The molecule has 0 saturated carbocycles. The molecule has 2 aromatic carbocycles. The Morgan fingerprint density at radius 1 is 0.957 bits per heavy atom. The zero-order valence-corrected chi connectivity index (χ0v) is 28.8. The molecule has 7 rings (SSSR count). The van der Waals surface area contributed by atoms with E-state index in [1.54, 1.807) is 20.5 Å². The zero-order chi connectivity index (χ0) is 30.8. The predicted molar refractivity (Wildman–Crippen MR) is 187 cm³/mol. The molecular weight excluding hydrogens is 643 g/mol. The molecule has 0 aliphatic carbocycles. The summed E-state index contributed by atoms with van der Waals surface area (Å²) in [5.41, 5.74) is 2.34. The number of carbonyl (C=O) groups excluding carboxylic acids is 1. The smallest absolute Gasteiger partial charge is 0.414 e. The maximum absolute atomic E-state index is 12.9. The fourth-order valence-corrected chi connectivity index (χ4v) is 7.67. The van der Waals surface area contributed by atoms with Gasteiger partial charge in [-0.1, -0.05) is 12.5 Å². The number of nitrogens with zero attached hydrogens (tertiary/aromatic N) is 2. The molecule has 0 bridgehead atoms. The minimum Gasteiger partial charge on any atom is -0.496 e. The van der Waals surface area contributed by atoms with Gasteiger partial charge in [-0.3, -0.25) is 0 Å². The minimum atomic E-state index is -0.431. The number of hydrogen-bond acceptors (Lipinski definition) is 8. The van der Waals surface area contributed by atoms with Gasteiger partial charge in [-0.15, -0.1) is 24.8 Å². The van der Waals surface area contributed by atoms with Crippen LogP contribution in [0.5, 0.6) is 23.1 Å². The first-order valence-electron chi connectivity index (χ1n) is 16.4. The number of aromatic nitrogens is 1. The van der Waals surface area contributed by atoms with Crippen molar-refractivity contribution < 1.29 is 28.2 Å². The summed E-state index contributed by atoms with van der Waals surface area (Å²) in [7, 11) is 3.23. The number of piperidine rings is 3. The maximum atomic E-state index is 12.9. The zero-order valence-electron chi connectivity index (χ0n) is 27.1. The van der Waals surface area contributed by atoms with E-state index in [1.165, 1.54) is 51.7 Å². The Hall–Kier alpha value is -3.31. The second-order valence-electron chi connectivity index (χ2n) is 12.7. The number of amides is 1. The number of fused-ring (bicyclic) bond motifs is 3. The number of carbonyl (C=O) groups is 1. The summed E-state index contributed by atoms with van der Waals surface area (Å²) in [5.74, 6) is 3.15. The van der Waals surface area contributed by atoms with E-state index >= 15 is 0 Å². The van der Waals surface area contributed by atoms with E-state index in [0.29, 0.717) is 28.7 Å². The Bertz CT molecular complexity index is 1630. The van der Waals surface area contributed by atoms with Crippen LogP contribution in [0.4, 0.5) is 4.79 Å². The normalized spacial score (nSPS) is 20.6. The number of benzene rings is 2. The summed E-state index contributed by atoms with van der Waals surface area (Å²) in [5, 5.41) is 4.77. The molecule has 1 amide bonds. The Kier molecular flexibility index (Phi) is 11.7. The lowest BCUT2D eigenvalue weighted by atomic mass is 9.83. The number of H-pyrrole nitrogens is 1. The lowest BCUT2D eigenvalue weighted by Gasteiger charge is -2.46. The maximum Gasteiger partial charge on any atom is 0.414 e. The number of aromatic amines is 1. The van der Waals surface area contributed by atoms with Gasteiger partial charge in [-0.05, 0) is 69.7 Å². The molecule has 12 heteroatoms. The molecular formula is C35H46Cl2N4O6. The van der Waals surface area contributed by atoms with E-state index in [1.807, 2.05) is 36.4 Å². The van der Waals surface area contributed by atoms with Gasteiger partial charge in [0.25, 0.3) is 0 Å². The van der Waals surface area contributed by atoms with Crippen molar-refractivity contribution in [2.24, 2.45) is 5.92 Å². The molecule has 2 aromatic heterocycles. The molecule has 0 spiro atoms. The van der Waals surface area contributed by atoms with Crippen LogP contribution in [0, 0.1) is 5.92 Å². The van der Waals surface area contributed by atoms with Crippen LogP contribution in [-0.4, -0.2) is 79.9 Å². The highest BCUT2D eigenvalue weighted by molar-refractivity contribution is 5.90. The van der Waals surface area contributed by atoms with Gasteiger partial charge < -0.3 is 43.5 Å². The van der Waals surface area contributed by atoms with E-state index in [4.69, 9.17) is 23.4 Å². The van der Waals surface area contributed by atoms with Crippen LogP contribution in [0.15, 0.2) is 47.1 Å². The molecule has 5 heterocycles. The summed E-state index contributed by atoms with van der Waals surface area (Å²) < 4.78 is 28.6. The van der Waals surface area contributed by atoms with Gasteiger partial charge in [0.2, 0.25) is 5.88 Å². The van der Waals surface area contributed by atoms with Crippen LogP contribution in [-0.2, 0) is 6.61 Å². The molecule has 3 fully saturated rings. The number of furan rings is 1. The Balaban J connectivity index is 0.00000217. The summed E-state index contributed by atoms with van der Waals surface area (Å²) in [4.78, 5) is 21.4. The average molecular weight is 690 g/mol. The summed E-state index contributed by atoms with van der Waals surface area (Å²) in [6.07, 6.45) is 9.93. The molecule has 10 nitrogen and oxygen atoms in total. The van der Waals surface area contributed by atoms with Crippen LogP contribution >= 0.6 is 24.8 Å². The first-order chi connectivity index (χ1) is 22.1. The molecule has 0 unspecified atom stereocenters. The van der Waals surface area contributed by atoms with Crippen molar-refractivity contribution in [3.8, 4) is 23.1 Å². The molecule has 2 atom stereocenters. The summed E-state index contributed by atoms with van der Waals surface area (Å²) in [6.45, 7) is 6.08. The predicted octanol–water partition coefficient (Wildman–Crippen LogP) is 7.17. The topological polar surface area (TPSA) is 101 Å². The van der Waals surface area contributed by atoms with Crippen molar-refractivity contribution >= 4 is 52.8 Å². The van der Waals surface area contributed by atoms with Crippen LogP contribution in [0.25, 0.3) is 21.9 Å². The van der Waals surface area contributed by atoms with E-state index < -0.39 is 6.09 Å². The lowest BCUT2D eigenvalue weighted by Crippen LogP contribution is -2.52. The van der Waals surface area contributed by atoms with Crippen molar-refractivity contribution in [3.63, 3.8) is 0 Å². The second-order valence-corrected chi connectivity index (χ2v) is 12.7. The van der Waals surface area contributed by atoms with Crippen molar-refractivity contribution in [2.75, 3.05) is 46.9 Å². The highest BCUT2D eigenvalue weighted by atomic mass is 35.5. The van der Waals surface area contributed by atoms with Crippen molar-refractivity contribution in [1.82, 2.24) is 20.1 Å². The van der Waals surface area contributed by atoms with Crippen molar-refractivity contribution in [1.29, 1.82) is 0 Å². The molecule has 4 aromatic rings. The molecule has 47 heavy (non-hydrogen) atoms. The third-order valence-electron chi connectivity index (χ3n) is 9.96. The highest BCUT2D eigenvalue weighted by Crippen LogP contribution is 2.37. The van der Waals surface area contributed by atoms with Gasteiger partial charge in [0.1, 0.15) is 29.4 Å². The lowest BCUT2D eigenvalue weighted by molar-refractivity contribution is 0.0353. The monoisotopic (exact) mass is 688 g/mol. The quantitative estimate of drug-likeness (QED) is 0.191. The van der Waals surface area contributed by atoms with Gasteiger partial charge in [-0.2, -0.15) is 0 Å². The Morgan fingerprint density at radius 3 is 2.60 bits per heavy atom. The SMILES string of the molecule is COc1cc(OC)c2c(COc3cccc4[nH]c(OC(=O)NC5CCN(C[C@@H]6CCCN7CCCC[C@H]67)CC5)cc34)coc2c1.Cl.Cl.